The van der Waals surface area contributed by atoms with Crippen LogP contribution in [-0.2, 0) is 9.53 Å². The van der Waals surface area contributed by atoms with Crippen molar-refractivity contribution in [2.24, 2.45) is 0 Å². The van der Waals surface area contributed by atoms with Gasteiger partial charge in [-0.25, -0.2) is 9.37 Å². The summed E-state index contributed by atoms with van der Waals surface area (Å²) in [6.45, 7) is 0.816. The molecule has 0 spiro atoms. The average Bonchev–Trinajstić information content (AvgIpc) is 2.66. The van der Waals surface area contributed by atoms with E-state index in [4.69, 9.17) is 4.74 Å². The zero-order valence-corrected chi connectivity index (χ0v) is 15.5. The Morgan fingerprint density at radius 1 is 1.26 bits per heavy atom. The van der Waals surface area contributed by atoms with Gasteiger partial charge in [0.2, 0.25) is 5.91 Å². The lowest BCUT2D eigenvalue weighted by molar-refractivity contribution is -0.118. The number of ether oxygens (including phenoxy) is 1. The number of hydrogen-bond acceptors (Lipinski definition) is 5. The number of para-hydroxylation sites is 1. The molecule has 0 aliphatic heterocycles. The van der Waals surface area contributed by atoms with Crippen LogP contribution < -0.4 is 10.9 Å². The van der Waals surface area contributed by atoms with E-state index in [0.717, 1.165) is 11.8 Å². The first-order valence-corrected chi connectivity index (χ1v) is 9.25. The molecule has 0 saturated heterocycles. The van der Waals surface area contributed by atoms with Crippen molar-refractivity contribution < 1.29 is 13.9 Å². The standard InChI is InChI=1S/C19H18FN3O3S/c1-26-10-9-21-17(24)12-27-19-22-16-8-3-2-7-15(16)18(25)23(19)14-6-4-5-13(20)11-14/h2-8,11H,9-10,12H2,1H3,(H,21,24). The molecule has 6 nitrogen and oxygen atoms in total. The Morgan fingerprint density at radius 3 is 2.85 bits per heavy atom. The molecule has 0 atom stereocenters. The number of thioether (sulfide) groups is 1. The lowest BCUT2D eigenvalue weighted by Gasteiger charge is -2.13. The minimum absolute atomic E-state index is 0.0732. The van der Waals surface area contributed by atoms with E-state index in [1.165, 1.54) is 22.8 Å². The molecular formula is C19H18FN3O3S. The third-order valence-electron chi connectivity index (χ3n) is 3.77. The average molecular weight is 387 g/mol. The van der Waals surface area contributed by atoms with E-state index in [2.05, 4.69) is 10.3 Å². The van der Waals surface area contributed by atoms with Gasteiger partial charge in [-0.3, -0.25) is 14.2 Å². The van der Waals surface area contributed by atoms with Gasteiger partial charge < -0.3 is 10.1 Å². The number of nitrogens with one attached hydrogen (secondary N) is 1. The molecule has 1 aromatic heterocycles. The molecule has 0 unspecified atom stereocenters. The molecular weight excluding hydrogens is 369 g/mol. The minimum Gasteiger partial charge on any atom is -0.383 e. The quantitative estimate of drug-likeness (QED) is 0.383. The van der Waals surface area contributed by atoms with Gasteiger partial charge in [0.15, 0.2) is 5.16 Å². The van der Waals surface area contributed by atoms with Crippen LogP contribution in [0, 0.1) is 5.82 Å². The van der Waals surface area contributed by atoms with Crippen molar-refractivity contribution in [1.29, 1.82) is 0 Å². The van der Waals surface area contributed by atoms with Crippen LogP contribution >= 0.6 is 11.8 Å². The fourth-order valence-corrected chi connectivity index (χ4v) is 3.37. The number of nitrogens with zero attached hydrogens (tertiary/aromatic N) is 2. The van der Waals surface area contributed by atoms with Gasteiger partial charge in [-0.05, 0) is 30.3 Å². The van der Waals surface area contributed by atoms with Crippen molar-refractivity contribution in [2.45, 2.75) is 5.16 Å². The zero-order chi connectivity index (χ0) is 19.2. The van der Waals surface area contributed by atoms with Crippen LogP contribution in [0.4, 0.5) is 4.39 Å². The van der Waals surface area contributed by atoms with Gasteiger partial charge in [-0.2, -0.15) is 0 Å². The summed E-state index contributed by atoms with van der Waals surface area (Å²) in [6, 6.07) is 12.7. The molecule has 3 rings (SSSR count). The van der Waals surface area contributed by atoms with Gasteiger partial charge in [0.25, 0.3) is 5.56 Å². The van der Waals surface area contributed by atoms with Gasteiger partial charge in [-0.1, -0.05) is 30.0 Å². The second-order valence-electron chi connectivity index (χ2n) is 5.66. The Labute approximate surface area is 159 Å². The summed E-state index contributed by atoms with van der Waals surface area (Å²) >= 11 is 1.12. The van der Waals surface area contributed by atoms with E-state index < -0.39 is 5.82 Å². The number of hydrogen-bond donors (Lipinski definition) is 1. The Hall–Kier alpha value is -2.71. The van der Waals surface area contributed by atoms with Gasteiger partial charge in [0.1, 0.15) is 5.82 Å². The largest absolute Gasteiger partial charge is 0.383 e. The van der Waals surface area contributed by atoms with Crippen LogP contribution in [-0.4, -0.2) is 41.5 Å². The molecule has 1 amide bonds. The van der Waals surface area contributed by atoms with E-state index in [1.807, 2.05) is 0 Å². The van der Waals surface area contributed by atoms with Crippen molar-refractivity contribution in [1.82, 2.24) is 14.9 Å². The van der Waals surface area contributed by atoms with E-state index in [0.29, 0.717) is 34.9 Å². The van der Waals surface area contributed by atoms with Gasteiger partial charge in [0, 0.05) is 13.7 Å². The van der Waals surface area contributed by atoms with Crippen molar-refractivity contribution in [2.75, 3.05) is 26.0 Å². The highest BCUT2D eigenvalue weighted by molar-refractivity contribution is 7.99. The maximum absolute atomic E-state index is 13.7. The summed E-state index contributed by atoms with van der Waals surface area (Å²) in [5.41, 5.74) is 0.575. The van der Waals surface area contributed by atoms with Crippen molar-refractivity contribution in [3.63, 3.8) is 0 Å². The molecule has 1 heterocycles. The van der Waals surface area contributed by atoms with Crippen molar-refractivity contribution in [3.05, 3.63) is 64.7 Å². The van der Waals surface area contributed by atoms with Crippen molar-refractivity contribution in [3.8, 4) is 5.69 Å². The highest BCUT2D eigenvalue weighted by Crippen LogP contribution is 2.21. The number of rotatable bonds is 7. The summed E-state index contributed by atoms with van der Waals surface area (Å²) < 4.78 is 19.9. The molecule has 0 radical (unpaired) electrons. The van der Waals surface area contributed by atoms with Gasteiger partial charge in [0.05, 0.1) is 29.0 Å². The Morgan fingerprint density at radius 2 is 2.07 bits per heavy atom. The fraction of sp³-hybridized carbons (Fsp3) is 0.211. The maximum atomic E-state index is 13.7. The first-order chi connectivity index (χ1) is 13.1. The zero-order valence-electron chi connectivity index (χ0n) is 14.6. The third kappa shape index (κ3) is 4.53. The summed E-state index contributed by atoms with van der Waals surface area (Å²) in [4.78, 5) is 29.5. The lowest BCUT2D eigenvalue weighted by atomic mass is 10.2. The number of benzene rings is 2. The molecule has 3 aromatic rings. The number of carbonyl (C=O) groups excluding carboxylic acids is 1. The minimum atomic E-state index is -0.458. The normalized spacial score (nSPS) is 10.9. The van der Waals surface area contributed by atoms with Gasteiger partial charge >= 0.3 is 0 Å². The molecule has 27 heavy (non-hydrogen) atoms. The molecule has 1 N–H and O–H groups in total. The molecule has 0 aliphatic carbocycles. The van der Waals surface area contributed by atoms with Crippen LogP contribution in [0.1, 0.15) is 0 Å². The molecule has 2 aromatic carbocycles. The van der Waals surface area contributed by atoms with Crippen LogP contribution in [0.15, 0.2) is 58.5 Å². The second-order valence-corrected chi connectivity index (χ2v) is 6.61. The first-order valence-electron chi connectivity index (χ1n) is 8.26. The highest BCUT2D eigenvalue weighted by Gasteiger charge is 2.15. The predicted octanol–water partition coefficient (Wildman–Crippen LogP) is 2.38. The molecule has 0 aliphatic rings. The SMILES string of the molecule is COCCNC(=O)CSc1nc2ccccc2c(=O)n1-c1cccc(F)c1. The summed E-state index contributed by atoms with van der Waals surface area (Å²) in [7, 11) is 1.55. The fourth-order valence-electron chi connectivity index (χ4n) is 2.53. The number of fused-ring (bicyclic) bond motifs is 1. The number of methoxy groups -OCH3 is 1. The lowest BCUT2D eigenvalue weighted by Crippen LogP contribution is -2.29. The number of aromatic nitrogens is 2. The van der Waals surface area contributed by atoms with Crippen LogP contribution in [0.2, 0.25) is 0 Å². The van der Waals surface area contributed by atoms with E-state index in [1.54, 1.807) is 37.4 Å². The third-order valence-corrected chi connectivity index (χ3v) is 4.71. The summed E-state index contributed by atoms with van der Waals surface area (Å²) in [5, 5.41) is 3.47. The Bertz CT molecular complexity index is 1020. The molecule has 0 bridgehead atoms. The number of amides is 1. The first kappa shape index (κ1) is 19.1. The van der Waals surface area contributed by atoms with E-state index >= 15 is 0 Å². The monoisotopic (exact) mass is 387 g/mol. The van der Waals surface area contributed by atoms with E-state index in [9.17, 15) is 14.0 Å². The Balaban J connectivity index is 1.98. The molecule has 0 saturated carbocycles. The van der Waals surface area contributed by atoms with Gasteiger partial charge in [-0.15, -0.1) is 0 Å². The van der Waals surface area contributed by atoms with Crippen LogP contribution in [0.3, 0.4) is 0 Å². The number of halogens is 1. The van der Waals surface area contributed by atoms with Crippen LogP contribution in [0.25, 0.3) is 16.6 Å². The van der Waals surface area contributed by atoms with Crippen LogP contribution in [0.5, 0.6) is 0 Å². The predicted molar refractivity (Wildman–Crippen MR) is 103 cm³/mol. The molecule has 0 fully saturated rings. The number of carbonyl (C=O) groups is 1. The highest BCUT2D eigenvalue weighted by atomic mass is 32.2. The summed E-state index contributed by atoms with van der Waals surface area (Å²) in [5.74, 6) is -0.588. The Kier molecular flexibility index (Phi) is 6.20. The van der Waals surface area contributed by atoms with Crippen molar-refractivity contribution >= 4 is 28.6 Å². The topological polar surface area (TPSA) is 73.2 Å². The smallest absolute Gasteiger partial charge is 0.266 e. The van der Waals surface area contributed by atoms with E-state index in [-0.39, 0.29) is 17.2 Å². The summed E-state index contributed by atoms with van der Waals surface area (Å²) in [6.07, 6.45) is 0. The second kappa shape index (κ2) is 8.79. The molecule has 8 heteroatoms. The molecule has 140 valence electrons. The maximum Gasteiger partial charge on any atom is 0.266 e.